The van der Waals surface area contributed by atoms with Gasteiger partial charge in [0, 0.05) is 36.2 Å². The quantitative estimate of drug-likeness (QED) is 0.731. The molecule has 0 aliphatic carbocycles. The number of carbonyl (C=O) groups is 1. The van der Waals surface area contributed by atoms with Crippen LogP contribution in [0.2, 0.25) is 5.02 Å². The highest BCUT2D eigenvalue weighted by atomic mass is 35.5. The lowest BCUT2D eigenvalue weighted by Gasteiger charge is -2.20. The fourth-order valence-corrected chi connectivity index (χ4v) is 2.73. The predicted octanol–water partition coefficient (Wildman–Crippen LogP) is 3.97. The second-order valence-corrected chi connectivity index (χ2v) is 6.13. The Balaban J connectivity index is 1.73. The van der Waals surface area contributed by atoms with Crippen molar-refractivity contribution in [3.05, 3.63) is 95.0 Å². The first-order valence-electron chi connectivity index (χ1n) is 8.06. The van der Waals surface area contributed by atoms with Crippen LogP contribution < -0.4 is 5.32 Å². The maximum atomic E-state index is 12.5. The van der Waals surface area contributed by atoms with Gasteiger partial charge in [-0.15, -0.1) is 0 Å². The fraction of sp³-hybridized carbons (Fsp3) is 0.150. The molecule has 0 aliphatic rings. The lowest BCUT2D eigenvalue weighted by Crippen LogP contribution is -2.29. The molecule has 0 aliphatic heterocycles. The number of nitrogens with zero attached hydrogens (tertiary/aromatic N) is 2. The molecule has 3 rings (SSSR count). The summed E-state index contributed by atoms with van der Waals surface area (Å²) in [5, 5.41) is 3.78. The molecule has 0 bridgehead atoms. The third-order valence-electron chi connectivity index (χ3n) is 3.91. The molecule has 25 heavy (non-hydrogen) atoms. The van der Waals surface area contributed by atoms with Gasteiger partial charge in [0.15, 0.2) is 0 Å². The van der Waals surface area contributed by atoms with Crippen molar-refractivity contribution in [2.45, 2.75) is 18.9 Å². The van der Waals surface area contributed by atoms with Gasteiger partial charge in [0.1, 0.15) is 0 Å². The molecule has 2 heterocycles. The molecular formula is C20H18ClN3O. The first-order chi connectivity index (χ1) is 12.2. The molecule has 1 N–H and O–H groups in total. The molecule has 0 saturated heterocycles. The van der Waals surface area contributed by atoms with Crippen LogP contribution in [0, 0.1) is 0 Å². The van der Waals surface area contributed by atoms with Crippen LogP contribution in [-0.2, 0) is 11.2 Å². The summed E-state index contributed by atoms with van der Waals surface area (Å²) in [6.45, 7) is 0. The lowest BCUT2D eigenvalue weighted by molar-refractivity contribution is -0.121. The van der Waals surface area contributed by atoms with Gasteiger partial charge in [0.2, 0.25) is 5.91 Å². The third kappa shape index (κ3) is 4.88. The maximum Gasteiger partial charge on any atom is 0.221 e. The Morgan fingerprint density at radius 2 is 1.68 bits per heavy atom. The molecule has 4 nitrogen and oxygen atoms in total. The monoisotopic (exact) mass is 351 g/mol. The Morgan fingerprint density at radius 3 is 2.36 bits per heavy atom. The van der Waals surface area contributed by atoms with Gasteiger partial charge in [-0.05, 0) is 53.4 Å². The number of amides is 1. The van der Waals surface area contributed by atoms with Crippen LogP contribution in [0.25, 0.3) is 0 Å². The average Bonchev–Trinajstić information content (AvgIpc) is 2.67. The van der Waals surface area contributed by atoms with Gasteiger partial charge >= 0.3 is 0 Å². The molecule has 1 atom stereocenters. The summed E-state index contributed by atoms with van der Waals surface area (Å²) < 4.78 is 0. The Morgan fingerprint density at radius 1 is 0.960 bits per heavy atom. The second-order valence-electron chi connectivity index (χ2n) is 5.69. The summed E-state index contributed by atoms with van der Waals surface area (Å²) in [7, 11) is 0. The summed E-state index contributed by atoms with van der Waals surface area (Å²) >= 11 is 5.98. The fourth-order valence-electron chi connectivity index (χ4n) is 2.61. The van der Waals surface area contributed by atoms with Gasteiger partial charge in [0.05, 0.1) is 6.04 Å². The number of pyridine rings is 2. The molecular weight excluding hydrogens is 334 g/mol. The van der Waals surface area contributed by atoms with Crippen LogP contribution in [0.1, 0.15) is 29.2 Å². The first kappa shape index (κ1) is 17.1. The van der Waals surface area contributed by atoms with Crippen molar-refractivity contribution in [1.82, 2.24) is 15.3 Å². The standard InChI is InChI=1S/C20H18ClN3O/c21-18-6-4-16(5-7-18)20(17-9-12-22-13-10-17)24-19(25)8-3-15-2-1-11-23-14-15/h1-2,4-7,9-14,20H,3,8H2,(H,24,25). The van der Waals surface area contributed by atoms with Crippen LogP contribution in [0.4, 0.5) is 0 Å². The molecule has 126 valence electrons. The molecule has 0 spiro atoms. The number of rotatable bonds is 6. The second kappa shape index (κ2) is 8.40. The largest absolute Gasteiger partial charge is 0.345 e. The number of halogens is 1. The van der Waals surface area contributed by atoms with Gasteiger partial charge < -0.3 is 5.32 Å². The van der Waals surface area contributed by atoms with Crippen LogP contribution in [0.15, 0.2) is 73.3 Å². The third-order valence-corrected chi connectivity index (χ3v) is 4.16. The van der Waals surface area contributed by atoms with E-state index in [2.05, 4.69) is 15.3 Å². The number of hydrogen-bond donors (Lipinski definition) is 1. The van der Waals surface area contributed by atoms with E-state index < -0.39 is 0 Å². The van der Waals surface area contributed by atoms with Crippen LogP contribution in [-0.4, -0.2) is 15.9 Å². The van der Waals surface area contributed by atoms with Gasteiger partial charge in [-0.25, -0.2) is 0 Å². The highest BCUT2D eigenvalue weighted by Crippen LogP contribution is 2.23. The zero-order valence-corrected chi connectivity index (χ0v) is 14.4. The Kier molecular flexibility index (Phi) is 5.75. The molecule has 0 radical (unpaired) electrons. The minimum absolute atomic E-state index is 0.0133. The molecule has 2 aromatic heterocycles. The van der Waals surface area contributed by atoms with Crippen LogP contribution in [0.3, 0.4) is 0 Å². The van der Waals surface area contributed by atoms with Gasteiger partial charge in [-0.3, -0.25) is 14.8 Å². The van der Waals surface area contributed by atoms with Crippen molar-refractivity contribution >= 4 is 17.5 Å². The number of carbonyl (C=O) groups excluding carboxylic acids is 1. The summed E-state index contributed by atoms with van der Waals surface area (Å²) in [6.07, 6.45) is 8.01. The summed E-state index contributed by atoms with van der Waals surface area (Å²) in [6, 6.07) is 14.9. The molecule has 3 aromatic rings. The number of aryl methyl sites for hydroxylation is 1. The minimum Gasteiger partial charge on any atom is -0.345 e. The molecule has 0 saturated carbocycles. The van der Waals surface area contributed by atoms with Crippen molar-refractivity contribution in [3.8, 4) is 0 Å². The first-order valence-corrected chi connectivity index (χ1v) is 8.44. The smallest absolute Gasteiger partial charge is 0.221 e. The van der Waals surface area contributed by atoms with E-state index in [4.69, 9.17) is 11.6 Å². The summed E-state index contributed by atoms with van der Waals surface area (Å²) in [5.74, 6) is -0.0133. The molecule has 1 unspecified atom stereocenters. The van der Waals surface area contributed by atoms with E-state index in [1.165, 1.54) is 0 Å². The highest BCUT2D eigenvalue weighted by molar-refractivity contribution is 6.30. The topological polar surface area (TPSA) is 54.9 Å². The van der Waals surface area contributed by atoms with E-state index in [9.17, 15) is 4.79 Å². The number of aromatic nitrogens is 2. The normalized spacial score (nSPS) is 11.7. The van der Waals surface area contributed by atoms with E-state index in [1.807, 2.05) is 48.5 Å². The number of hydrogen-bond acceptors (Lipinski definition) is 3. The van der Waals surface area contributed by atoms with Gasteiger partial charge in [0.25, 0.3) is 0 Å². The van der Waals surface area contributed by atoms with E-state index in [0.717, 1.165) is 16.7 Å². The number of nitrogens with one attached hydrogen (secondary N) is 1. The van der Waals surface area contributed by atoms with E-state index in [0.29, 0.717) is 17.9 Å². The minimum atomic E-state index is -0.235. The predicted molar refractivity (Wildman–Crippen MR) is 98.2 cm³/mol. The van der Waals surface area contributed by atoms with E-state index in [-0.39, 0.29) is 11.9 Å². The lowest BCUT2D eigenvalue weighted by atomic mass is 9.99. The Bertz CT molecular complexity index is 807. The van der Waals surface area contributed by atoms with Crippen molar-refractivity contribution in [3.63, 3.8) is 0 Å². The van der Waals surface area contributed by atoms with Gasteiger partial charge in [-0.1, -0.05) is 29.8 Å². The molecule has 1 amide bonds. The van der Waals surface area contributed by atoms with E-state index >= 15 is 0 Å². The van der Waals surface area contributed by atoms with Gasteiger partial charge in [-0.2, -0.15) is 0 Å². The van der Waals surface area contributed by atoms with E-state index in [1.54, 1.807) is 24.8 Å². The zero-order chi connectivity index (χ0) is 17.5. The Hall–Kier alpha value is -2.72. The Labute approximate surface area is 151 Å². The van der Waals surface area contributed by atoms with Crippen LogP contribution >= 0.6 is 11.6 Å². The zero-order valence-electron chi connectivity index (χ0n) is 13.6. The molecule has 5 heteroatoms. The van der Waals surface area contributed by atoms with Crippen molar-refractivity contribution in [2.75, 3.05) is 0 Å². The maximum absolute atomic E-state index is 12.5. The molecule has 1 aromatic carbocycles. The van der Waals surface area contributed by atoms with Crippen LogP contribution in [0.5, 0.6) is 0 Å². The highest BCUT2D eigenvalue weighted by Gasteiger charge is 2.16. The SMILES string of the molecule is O=C(CCc1cccnc1)NC(c1ccncc1)c1ccc(Cl)cc1. The van der Waals surface area contributed by atoms with Crippen molar-refractivity contribution in [1.29, 1.82) is 0 Å². The van der Waals surface area contributed by atoms with Crippen molar-refractivity contribution in [2.24, 2.45) is 0 Å². The molecule has 0 fully saturated rings. The number of benzene rings is 1. The average molecular weight is 352 g/mol. The summed E-state index contributed by atoms with van der Waals surface area (Å²) in [5.41, 5.74) is 3.00. The summed E-state index contributed by atoms with van der Waals surface area (Å²) in [4.78, 5) is 20.6. The van der Waals surface area contributed by atoms with Crippen molar-refractivity contribution < 1.29 is 4.79 Å².